The zero-order chi connectivity index (χ0) is 31.4. The van der Waals surface area contributed by atoms with Gasteiger partial charge in [0, 0.05) is 12.1 Å². The number of nitrogens with zero attached hydrogens (tertiary/aromatic N) is 4. The normalized spacial score (nSPS) is 12.3. The predicted molar refractivity (Wildman–Crippen MR) is 174 cm³/mol. The summed E-state index contributed by atoms with van der Waals surface area (Å²) in [7, 11) is 0.202. The zero-order valence-corrected chi connectivity index (χ0v) is 27.1. The minimum Gasteiger partial charge on any atom is -0.496 e. The topological polar surface area (TPSA) is 117 Å². The summed E-state index contributed by atoms with van der Waals surface area (Å²) in [5.74, 6) is 1.05. The third kappa shape index (κ3) is 8.40. The van der Waals surface area contributed by atoms with E-state index in [1.54, 1.807) is 18.2 Å². The lowest BCUT2D eigenvalue weighted by molar-refractivity contribution is 0.378. The molecule has 44 heavy (non-hydrogen) atoms. The van der Waals surface area contributed by atoms with E-state index in [4.69, 9.17) is 14.2 Å². The lowest BCUT2D eigenvalue weighted by atomic mass is 10.0. The summed E-state index contributed by atoms with van der Waals surface area (Å²) in [6.07, 6.45) is 12.2. The van der Waals surface area contributed by atoms with Crippen molar-refractivity contribution in [1.82, 2.24) is 20.2 Å². The molecule has 1 unspecified atom stereocenters. The van der Waals surface area contributed by atoms with Gasteiger partial charge in [0.1, 0.15) is 22.9 Å². The van der Waals surface area contributed by atoms with E-state index < -0.39 is 15.3 Å². The van der Waals surface area contributed by atoms with Crippen molar-refractivity contribution in [2.24, 2.45) is 0 Å². The van der Waals surface area contributed by atoms with Crippen molar-refractivity contribution in [3.63, 3.8) is 0 Å². The number of aromatic nitrogens is 4. The Labute approximate surface area is 261 Å². The summed E-state index contributed by atoms with van der Waals surface area (Å²) in [5.41, 5.74) is 0.694. The summed E-state index contributed by atoms with van der Waals surface area (Å²) in [6, 6.07) is 16.4. The van der Waals surface area contributed by atoms with Crippen LogP contribution in [0.15, 0.2) is 54.6 Å². The van der Waals surface area contributed by atoms with E-state index in [1.807, 2.05) is 36.4 Å². The van der Waals surface area contributed by atoms with Crippen LogP contribution in [0.3, 0.4) is 0 Å². The van der Waals surface area contributed by atoms with E-state index >= 15 is 0 Å². The van der Waals surface area contributed by atoms with E-state index in [0.717, 1.165) is 30.0 Å². The smallest absolute Gasteiger partial charge is 0.247 e. The molecule has 1 heterocycles. The van der Waals surface area contributed by atoms with Gasteiger partial charge in [0.25, 0.3) is 0 Å². The highest BCUT2D eigenvalue weighted by Gasteiger charge is 2.36. The number of hydrogen-bond donors (Lipinski definition) is 1. The molecule has 1 N–H and O–H groups in total. The first-order valence-corrected chi connectivity index (χ1v) is 17.0. The van der Waals surface area contributed by atoms with Gasteiger partial charge in [-0.15, -0.1) is 10.2 Å². The van der Waals surface area contributed by atoms with Gasteiger partial charge in [-0.3, -0.25) is 4.72 Å². The molecule has 0 amide bonds. The second kappa shape index (κ2) is 16.3. The molecule has 3 aromatic carbocycles. The molecule has 0 spiro atoms. The van der Waals surface area contributed by atoms with E-state index in [9.17, 15) is 8.42 Å². The SMILES string of the molecule is CCCCCCCCCCCCn1nnc(C(c2cccc3ccccc23)S(=O)(=O)Nc2c(OC)cc(OC)cc2OC)n1. The van der Waals surface area contributed by atoms with Crippen LogP contribution in [0.5, 0.6) is 17.2 Å². The van der Waals surface area contributed by atoms with Crippen molar-refractivity contribution in [2.45, 2.75) is 82.9 Å². The Bertz CT molecular complexity index is 1560. The molecule has 0 fully saturated rings. The number of methoxy groups -OCH3 is 3. The van der Waals surface area contributed by atoms with Gasteiger partial charge in [0.05, 0.1) is 27.9 Å². The van der Waals surface area contributed by atoms with Crippen LogP contribution >= 0.6 is 0 Å². The van der Waals surface area contributed by atoms with Gasteiger partial charge in [-0.1, -0.05) is 107 Å². The van der Waals surface area contributed by atoms with E-state index in [-0.39, 0.29) is 23.0 Å². The fourth-order valence-electron chi connectivity index (χ4n) is 5.43. The van der Waals surface area contributed by atoms with Crippen molar-refractivity contribution in [3.8, 4) is 17.2 Å². The number of benzene rings is 3. The van der Waals surface area contributed by atoms with Gasteiger partial charge in [-0.25, -0.2) is 8.42 Å². The van der Waals surface area contributed by atoms with Crippen molar-refractivity contribution in [2.75, 3.05) is 26.1 Å². The van der Waals surface area contributed by atoms with Crippen LogP contribution < -0.4 is 18.9 Å². The molecule has 4 rings (SSSR count). The van der Waals surface area contributed by atoms with E-state index in [0.29, 0.717) is 17.9 Å². The largest absolute Gasteiger partial charge is 0.496 e. The Morgan fingerprint density at radius 3 is 2.05 bits per heavy atom. The van der Waals surface area contributed by atoms with Crippen LogP contribution in [-0.4, -0.2) is 50.0 Å². The highest BCUT2D eigenvalue weighted by molar-refractivity contribution is 7.93. The molecular formula is C33H45N5O5S. The van der Waals surface area contributed by atoms with Crippen LogP contribution in [0, 0.1) is 0 Å². The standard InChI is InChI=1S/C33H45N5O5S/c1-5-6-7-8-9-10-11-12-13-16-22-38-35-33(34-37-38)32(28-21-17-19-25-18-14-15-20-27(25)28)44(39,40)36-31-29(42-3)23-26(41-2)24-30(31)43-4/h14-15,17-21,23-24,32,36H,5-13,16,22H2,1-4H3. The first-order chi connectivity index (χ1) is 21.4. The Kier molecular flexibility index (Phi) is 12.2. The van der Waals surface area contributed by atoms with Gasteiger partial charge in [-0.2, -0.15) is 4.80 Å². The number of anilines is 1. The molecule has 0 saturated heterocycles. The fraction of sp³-hybridized carbons (Fsp3) is 0.485. The lowest BCUT2D eigenvalue weighted by Gasteiger charge is -2.21. The van der Waals surface area contributed by atoms with Gasteiger partial charge in [0.2, 0.25) is 10.0 Å². The highest BCUT2D eigenvalue weighted by atomic mass is 32.2. The number of unbranched alkanes of at least 4 members (excludes halogenated alkanes) is 9. The molecule has 1 aromatic heterocycles. The minimum atomic E-state index is -4.22. The quantitative estimate of drug-likeness (QED) is 0.108. The van der Waals surface area contributed by atoms with E-state index in [1.165, 1.54) is 71.1 Å². The second-order valence-corrected chi connectivity index (χ2v) is 12.7. The number of nitrogens with one attached hydrogen (secondary N) is 1. The number of aryl methyl sites for hydroxylation is 1. The average molecular weight is 624 g/mol. The summed E-state index contributed by atoms with van der Waals surface area (Å²) in [5, 5.41) is 13.5. The molecular weight excluding hydrogens is 578 g/mol. The summed E-state index contributed by atoms with van der Waals surface area (Å²) in [6.45, 7) is 2.81. The highest BCUT2D eigenvalue weighted by Crippen LogP contribution is 2.42. The van der Waals surface area contributed by atoms with Crippen LogP contribution in [0.25, 0.3) is 10.8 Å². The van der Waals surface area contributed by atoms with Gasteiger partial charge in [-0.05, 0) is 28.0 Å². The van der Waals surface area contributed by atoms with Gasteiger partial charge in [0.15, 0.2) is 11.1 Å². The maximum atomic E-state index is 14.3. The Morgan fingerprint density at radius 2 is 1.41 bits per heavy atom. The number of hydrogen-bond acceptors (Lipinski definition) is 8. The first-order valence-electron chi connectivity index (χ1n) is 15.5. The Hall–Kier alpha value is -3.86. The number of ether oxygens (including phenoxy) is 3. The van der Waals surface area contributed by atoms with E-state index in [2.05, 4.69) is 27.1 Å². The molecule has 1 atom stereocenters. The number of tetrazole rings is 1. The number of sulfonamides is 1. The molecule has 10 nitrogen and oxygen atoms in total. The number of rotatable bonds is 19. The molecule has 11 heteroatoms. The van der Waals surface area contributed by atoms with Crippen LogP contribution in [0.4, 0.5) is 5.69 Å². The summed E-state index contributed by atoms with van der Waals surface area (Å²) < 4.78 is 47.7. The van der Waals surface area contributed by atoms with Crippen molar-refractivity contribution < 1.29 is 22.6 Å². The summed E-state index contributed by atoms with van der Waals surface area (Å²) in [4.78, 5) is 1.50. The van der Waals surface area contributed by atoms with Crippen LogP contribution in [0.2, 0.25) is 0 Å². The monoisotopic (exact) mass is 623 g/mol. The maximum absolute atomic E-state index is 14.3. The van der Waals surface area contributed by atoms with Crippen LogP contribution in [0.1, 0.15) is 87.8 Å². The first kappa shape index (κ1) is 33.0. The van der Waals surface area contributed by atoms with Crippen molar-refractivity contribution in [3.05, 3.63) is 66.0 Å². The third-order valence-electron chi connectivity index (χ3n) is 7.79. The fourth-order valence-corrected chi connectivity index (χ4v) is 6.94. The van der Waals surface area contributed by atoms with Crippen LogP contribution in [-0.2, 0) is 16.6 Å². The molecule has 238 valence electrons. The second-order valence-electron chi connectivity index (χ2n) is 10.9. The zero-order valence-electron chi connectivity index (χ0n) is 26.3. The van der Waals surface area contributed by atoms with Gasteiger partial charge < -0.3 is 14.2 Å². The molecule has 0 radical (unpaired) electrons. The molecule has 0 aliphatic heterocycles. The van der Waals surface area contributed by atoms with Gasteiger partial charge >= 0.3 is 0 Å². The Morgan fingerprint density at radius 1 is 0.795 bits per heavy atom. The molecule has 0 bridgehead atoms. The molecule has 0 aliphatic rings. The average Bonchev–Trinajstić information content (AvgIpc) is 3.49. The van der Waals surface area contributed by atoms with Crippen molar-refractivity contribution >= 4 is 26.5 Å². The lowest BCUT2D eigenvalue weighted by Crippen LogP contribution is -2.24. The molecule has 0 saturated carbocycles. The molecule has 0 aliphatic carbocycles. The minimum absolute atomic E-state index is 0.0902. The van der Waals surface area contributed by atoms with Crippen molar-refractivity contribution in [1.29, 1.82) is 0 Å². The Balaban J connectivity index is 1.57. The summed E-state index contributed by atoms with van der Waals surface area (Å²) >= 11 is 0. The maximum Gasteiger partial charge on any atom is 0.247 e. The number of fused-ring (bicyclic) bond motifs is 1. The third-order valence-corrected chi connectivity index (χ3v) is 9.36. The predicted octanol–water partition coefficient (Wildman–Crippen LogP) is 7.30. The molecule has 4 aromatic rings.